The Kier molecular flexibility index (Phi) is 3.41. The number of aromatic nitrogens is 1. The van der Waals surface area contributed by atoms with E-state index in [1.165, 1.54) is 6.07 Å². The van der Waals surface area contributed by atoms with Gasteiger partial charge >= 0.3 is 0 Å². The third-order valence-corrected chi connectivity index (χ3v) is 3.49. The van der Waals surface area contributed by atoms with Crippen LogP contribution < -0.4 is 11.3 Å². The van der Waals surface area contributed by atoms with Crippen LogP contribution in [0.4, 0.5) is 4.39 Å². The fraction of sp³-hybridized carbons (Fsp3) is 0.0625. The zero-order valence-corrected chi connectivity index (χ0v) is 11.2. The molecule has 3 N–H and O–H groups in total. The first-order valence-electron chi connectivity index (χ1n) is 6.53. The maximum atomic E-state index is 13.7. The Bertz CT molecular complexity index is 810. The molecule has 21 heavy (non-hydrogen) atoms. The molecule has 0 saturated carbocycles. The summed E-state index contributed by atoms with van der Waals surface area (Å²) in [7, 11) is 0. The lowest BCUT2D eigenvalue weighted by Gasteiger charge is -2.10. The van der Waals surface area contributed by atoms with Gasteiger partial charge in [-0.3, -0.25) is 10.2 Å². The Morgan fingerprint density at radius 1 is 1.14 bits per heavy atom. The Labute approximate surface area is 121 Å². The summed E-state index contributed by atoms with van der Waals surface area (Å²) < 4.78 is 15.6. The molecule has 0 fully saturated rings. The number of hydrazine groups is 1. The van der Waals surface area contributed by atoms with Crippen LogP contribution in [0.3, 0.4) is 0 Å². The van der Waals surface area contributed by atoms with Crippen LogP contribution in [-0.4, -0.2) is 10.5 Å². The second-order valence-electron chi connectivity index (χ2n) is 4.75. The molecule has 0 aliphatic carbocycles. The van der Waals surface area contributed by atoms with Gasteiger partial charge in [-0.1, -0.05) is 24.3 Å². The van der Waals surface area contributed by atoms with Gasteiger partial charge in [0, 0.05) is 23.7 Å². The maximum absolute atomic E-state index is 13.7. The highest BCUT2D eigenvalue weighted by atomic mass is 19.1. The molecule has 1 amide bonds. The van der Waals surface area contributed by atoms with E-state index in [0.29, 0.717) is 17.5 Å². The smallest absolute Gasteiger partial charge is 0.265 e. The van der Waals surface area contributed by atoms with E-state index in [2.05, 4.69) is 5.43 Å². The van der Waals surface area contributed by atoms with Gasteiger partial charge in [-0.25, -0.2) is 10.2 Å². The van der Waals surface area contributed by atoms with Crippen LogP contribution in [-0.2, 0) is 6.54 Å². The Balaban J connectivity index is 2.04. The second kappa shape index (κ2) is 5.38. The molecule has 4 nitrogen and oxygen atoms in total. The minimum absolute atomic E-state index is 0.251. The lowest BCUT2D eigenvalue weighted by molar-refractivity contribution is 0.0952. The summed E-state index contributed by atoms with van der Waals surface area (Å²) in [5.41, 5.74) is 4.26. The van der Waals surface area contributed by atoms with E-state index in [0.717, 1.165) is 11.1 Å². The molecular weight excluding hydrogens is 269 g/mol. The van der Waals surface area contributed by atoms with Crippen molar-refractivity contribution in [2.24, 2.45) is 5.84 Å². The van der Waals surface area contributed by atoms with Crippen LogP contribution in [0.25, 0.3) is 10.9 Å². The van der Waals surface area contributed by atoms with Crippen molar-refractivity contribution in [3.05, 3.63) is 71.7 Å². The highest BCUT2D eigenvalue weighted by molar-refractivity contribution is 5.95. The van der Waals surface area contributed by atoms with Gasteiger partial charge in [-0.05, 0) is 29.8 Å². The molecule has 0 bridgehead atoms. The van der Waals surface area contributed by atoms with E-state index in [9.17, 15) is 9.18 Å². The average molecular weight is 283 g/mol. The Morgan fingerprint density at radius 2 is 1.95 bits per heavy atom. The molecule has 0 radical (unpaired) electrons. The molecule has 1 heterocycles. The molecule has 1 aromatic heterocycles. The minimum atomic E-state index is -0.340. The van der Waals surface area contributed by atoms with Gasteiger partial charge in [0.2, 0.25) is 0 Å². The van der Waals surface area contributed by atoms with Crippen LogP contribution in [0.1, 0.15) is 15.9 Å². The van der Waals surface area contributed by atoms with Crippen LogP contribution in [0.5, 0.6) is 0 Å². The van der Waals surface area contributed by atoms with Gasteiger partial charge in [0.15, 0.2) is 0 Å². The third-order valence-electron chi connectivity index (χ3n) is 3.49. The number of amides is 1. The Morgan fingerprint density at radius 3 is 2.76 bits per heavy atom. The summed E-state index contributed by atoms with van der Waals surface area (Å²) >= 11 is 0. The molecule has 0 aliphatic rings. The van der Waals surface area contributed by atoms with Gasteiger partial charge in [0.25, 0.3) is 5.91 Å². The predicted molar refractivity (Wildman–Crippen MR) is 79.1 cm³/mol. The fourth-order valence-corrected chi connectivity index (χ4v) is 2.46. The third kappa shape index (κ3) is 2.39. The topological polar surface area (TPSA) is 60.0 Å². The van der Waals surface area contributed by atoms with E-state index >= 15 is 0 Å². The summed E-state index contributed by atoms with van der Waals surface area (Å²) in [4.78, 5) is 11.8. The number of fused-ring (bicyclic) bond motifs is 1. The number of nitrogens with zero attached hydrogens (tertiary/aromatic N) is 1. The second-order valence-corrected chi connectivity index (χ2v) is 4.75. The summed E-state index contributed by atoms with van der Waals surface area (Å²) in [6, 6.07) is 13.9. The number of nitrogen functional groups attached to an aromatic ring is 1. The van der Waals surface area contributed by atoms with Crippen molar-refractivity contribution in [3.8, 4) is 0 Å². The SMILES string of the molecule is NNC(=O)c1ccccc1Cn1ccc2c(F)cccc21. The monoisotopic (exact) mass is 283 g/mol. The van der Waals surface area contributed by atoms with E-state index < -0.39 is 0 Å². The summed E-state index contributed by atoms with van der Waals surface area (Å²) in [5, 5.41) is 0.568. The van der Waals surface area contributed by atoms with E-state index in [1.54, 1.807) is 24.3 Å². The summed E-state index contributed by atoms with van der Waals surface area (Å²) in [5.74, 6) is 4.61. The van der Waals surface area contributed by atoms with Crippen molar-refractivity contribution in [1.82, 2.24) is 9.99 Å². The molecule has 3 rings (SSSR count). The molecule has 0 saturated heterocycles. The van der Waals surface area contributed by atoms with E-state index in [4.69, 9.17) is 5.84 Å². The van der Waals surface area contributed by atoms with Crippen LogP contribution >= 0.6 is 0 Å². The fourth-order valence-electron chi connectivity index (χ4n) is 2.46. The standard InChI is InChI=1S/C16H14FN3O/c17-14-6-3-7-15-13(14)8-9-20(15)10-11-4-1-2-5-12(11)16(21)19-18/h1-9H,10,18H2,(H,19,21). The van der Waals surface area contributed by atoms with Gasteiger partial charge in [0.05, 0.1) is 5.52 Å². The largest absolute Gasteiger partial charge is 0.343 e. The van der Waals surface area contributed by atoms with Crippen molar-refractivity contribution in [2.45, 2.75) is 6.54 Å². The van der Waals surface area contributed by atoms with Gasteiger partial charge in [-0.2, -0.15) is 0 Å². The highest BCUT2D eigenvalue weighted by Crippen LogP contribution is 2.21. The van der Waals surface area contributed by atoms with Crippen molar-refractivity contribution in [1.29, 1.82) is 0 Å². The predicted octanol–water partition coefficient (Wildman–Crippen LogP) is 2.43. The zero-order chi connectivity index (χ0) is 14.8. The molecule has 2 aromatic carbocycles. The minimum Gasteiger partial charge on any atom is -0.343 e. The first-order chi connectivity index (χ1) is 10.2. The van der Waals surface area contributed by atoms with Crippen LogP contribution in [0.15, 0.2) is 54.7 Å². The number of benzene rings is 2. The Hall–Kier alpha value is -2.66. The number of hydrogen-bond acceptors (Lipinski definition) is 2. The van der Waals surface area contributed by atoms with Crippen LogP contribution in [0, 0.1) is 5.82 Å². The summed E-state index contributed by atoms with van der Waals surface area (Å²) in [6.45, 7) is 0.469. The maximum Gasteiger partial charge on any atom is 0.265 e. The zero-order valence-electron chi connectivity index (χ0n) is 11.2. The molecule has 5 heteroatoms. The molecule has 3 aromatic rings. The first kappa shape index (κ1) is 13.3. The number of halogens is 1. The number of hydrogen-bond donors (Lipinski definition) is 2. The number of rotatable bonds is 3. The molecule has 0 unspecified atom stereocenters. The molecule has 106 valence electrons. The number of carbonyl (C=O) groups is 1. The first-order valence-corrected chi connectivity index (χ1v) is 6.53. The van der Waals surface area contributed by atoms with Crippen LogP contribution in [0.2, 0.25) is 0 Å². The normalized spacial score (nSPS) is 10.8. The van der Waals surface area contributed by atoms with Crippen molar-refractivity contribution < 1.29 is 9.18 Å². The molecular formula is C16H14FN3O. The number of nitrogens with one attached hydrogen (secondary N) is 1. The quantitative estimate of drug-likeness (QED) is 0.440. The van der Waals surface area contributed by atoms with Crippen molar-refractivity contribution in [2.75, 3.05) is 0 Å². The molecule has 0 aliphatic heterocycles. The van der Waals surface area contributed by atoms with Gasteiger partial charge in [0.1, 0.15) is 5.82 Å². The summed E-state index contributed by atoms with van der Waals surface area (Å²) in [6.07, 6.45) is 1.81. The van der Waals surface area contributed by atoms with Gasteiger partial charge < -0.3 is 4.57 Å². The van der Waals surface area contributed by atoms with E-state index in [1.807, 2.05) is 29.0 Å². The lowest BCUT2D eigenvalue weighted by atomic mass is 10.1. The van der Waals surface area contributed by atoms with Gasteiger partial charge in [-0.15, -0.1) is 0 Å². The van der Waals surface area contributed by atoms with Crippen molar-refractivity contribution >= 4 is 16.8 Å². The number of carbonyl (C=O) groups excluding carboxylic acids is 1. The molecule has 0 atom stereocenters. The molecule has 0 spiro atoms. The highest BCUT2D eigenvalue weighted by Gasteiger charge is 2.11. The van der Waals surface area contributed by atoms with Crippen molar-refractivity contribution in [3.63, 3.8) is 0 Å². The lowest BCUT2D eigenvalue weighted by Crippen LogP contribution is -2.31. The van der Waals surface area contributed by atoms with E-state index in [-0.39, 0.29) is 11.7 Å². The average Bonchev–Trinajstić information content (AvgIpc) is 2.92. The number of nitrogens with two attached hydrogens (primary N) is 1.